The molecule has 17 heavy (non-hydrogen) atoms. The fraction of sp³-hybridized carbons (Fsp3) is 0.429. The second-order valence-corrected chi connectivity index (χ2v) is 3.92. The van der Waals surface area contributed by atoms with E-state index in [0.29, 0.717) is 0 Å². The summed E-state index contributed by atoms with van der Waals surface area (Å²) < 4.78 is 0. The molecule has 0 aromatic heterocycles. The van der Waals surface area contributed by atoms with Gasteiger partial charge in [0, 0.05) is 0 Å². The third-order valence-electron chi connectivity index (χ3n) is 2.73. The summed E-state index contributed by atoms with van der Waals surface area (Å²) in [7, 11) is 0. The van der Waals surface area contributed by atoms with Crippen LogP contribution in [0.5, 0.6) is 0 Å². The number of hydrogen-bond acceptors (Lipinski definition) is 0. The van der Waals surface area contributed by atoms with E-state index in [2.05, 4.69) is 52.0 Å². The Morgan fingerprint density at radius 2 is 1.06 bits per heavy atom. The van der Waals surface area contributed by atoms with Crippen LogP contribution in [0, 0.1) is 12.2 Å². The van der Waals surface area contributed by atoms with E-state index in [4.69, 9.17) is 0 Å². The Bertz CT molecular complexity index is 302. The van der Waals surface area contributed by atoms with Gasteiger partial charge in [-0.15, -0.1) is 13.8 Å². The van der Waals surface area contributed by atoms with Gasteiger partial charge in [0.2, 0.25) is 0 Å². The molecule has 0 amide bonds. The molecule has 2 aliphatic rings. The van der Waals surface area contributed by atoms with E-state index in [0.717, 1.165) is 12.8 Å². The summed E-state index contributed by atoms with van der Waals surface area (Å²) in [6.07, 6.45) is 12.6. The van der Waals surface area contributed by atoms with E-state index >= 15 is 0 Å². The standard InChI is InChI=1S/2C7H9.2FH.Zr/c2*1-6-4-3-5-7(6)2;;;/h2*3H,4H2,1-2H3;2*1H;/q2*-1;;;+4/p-2. The zero-order valence-electron chi connectivity index (χ0n) is 10.8. The van der Waals surface area contributed by atoms with Crippen LogP contribution in [0.1, 0.15) is 40.5 Å². The maximum atomic E-state index is 3.12. The molecule has 0 fully saturated rings. The largest absolute Gasteiger partial charge is 4.00 e. The zero-order chi connectivity index (χ0) is 10.6. The van der Waals surface area contributed by atoms with Gasteiger partial charge in [-0.3, -0.25) is 12.2 Å². The van der Waals surface area contributed by atoms with Crippen LogP contribution in [0.25, 0.3) is 0 Å². The Hall–Kier alpha value is -0.297. The summed E-state index contributed by atoms with van der Waals surface area (Å²) in [4.78, 5) is 0. The maximum absolute atomic E-state index is 3.12. The Kier molecular flexibility index (Phi) is 14.0. The zero-order valence-corrected chi connectivity index (χ0v) is 13.3. The van der Waals surface area contributed by atoms with E-state index in [1.165, 1.54) is 22.3 Å². The molecule has 0 aromatic rings. The van der Waals surface area contributed by atoms with E-state index in [-0.39, 0.29) is 35.6 Å². The third-order valence-corrected chi connectivity index (χ3v) is 2.73. The van der Waals surface area contributed by atoms with E-state index in [1.807, 2.05) is 0 Å². The first-order chi connectivity index (χ1) is 6.61. The fourth-order valence-corrected chi connectivity index (χ4v) is 1.27. The van der Waals surface area contributed by atoms with Crippen molar-refractivity contribution in [3.63, 3.8) is 0 Å². The van der Waals surface area contributed by atoms with Crippen molar-refractivity contribution in [3.05, 3.63) is 46.6 Å². The minimum absolute atomic E-state index is 0. The molecule has 0 radical (unpaired) electrons. The summed E-state index contributed by atoms with van der Waals surface area (Å²) in [5.41, 5.74) is 5.56. The van der Waals surface area contributed by atoms with Gasteiger partial charge in [-0.25, -0.2) is 22.3 Å². The van der Waals surface area contributed by atoms with Gasteiger partial charge in [0.25, 0.3) is 0 Å². The smallest absolute Gasteiger partial charge is 1.00 e. The van der Waals surface area contributed by atoms with Crippen LogP contribution in [0.15, 0.2) is 34.4 Å². The first-order valence-corrected chi connectivity index (χ1v) is 5.10. The molecule has 0 saturated carbocycles. The molecule has 0 spiro atoms. The van der Waals surface area contributed by atoms with Gasteiger partial charge in [0.1, 0.15) is 0 Å². The average molecular weight is 316 g/mol. The normalized spacial score (nSPS) is 15.8. The molecule has 0 aromatic carbocycles. The molecule has 0 aliphatic heterocycles. The van der Waals surface area contributed by atoms with Crippen molar-refractivity contribution in [2.24, 2.45) is 0 Å². The number of allylic oxidation sites excluding steroid dienone is 8. The molecular formula is C14H18F2Zr. The van der Waals surface area contributed by atoms with Crippen molar-refractivity contribution in [2.75, 3.05) is 0 Å². The van der Waals surface area contributed by atoms with Crippen LogP contribution in [0.3, 0.4) is 0 Å². The summed E-state index contributed by atoms with van der Waals surface area (Å²) in [5, 5.41) is 0. The molecule has 0 unspecified atom stereocenters. The molecule has 92 valence electrons. The van der Waals surface area contributed by atoms with Crippen LogP contribution in [-0.2, 0) is 26.2 Å². The van der Waals surface area contributed by atoms with Gasteiger partial charge < -0.3 is 9.41 Å². The first kappa shape index (κ1) is 21.9. The van der Waals surface area contributed by atoms with Crippen LogP contribution < -0.4 is 9.41 Å². The van der Waals surface area contributed by atoms with Crippen molar-refractivity contribution in [3.8, 4) is 0 Å². The Morgan fingerprint density at radius 3 is 1.12 bits per heavy atom. The van der Waals surface area contributed by atoms with Crippen molar-refractivity contribution in [1.29, 1.82) is 0 Å². The Labute approximate surface area is 122 Å². The molecule has 2 aliphatic carbocycles. The first-order valence-electron chi connectivity index (χ1n) is 5.10. The molecule has 0 atom stereocenters. The third kappa shape index (κ3) is 7.60. The number of hydrogen-bond donors (Lipinski definition) is 0. The SMILES string of the molecule is CC1=C(C)CC=[C-]1.CC1=C(C)CC=[C-]1.[F-].[F-].[Zr+4]. The van der Waals surface area contributed by atoms with E-state index in [1.54, 1.807) is 0 Å². The van der Waals surface area contributed by atoms with Crippen LogP contribution in [0.2, 0.25) is 0 Å². The van der Waals surface area contributed by atoms with Crippen molar-refractivity contribution in [1.82, 2.24) is 0 Å². The average Bonchev–Trinajstić information content (AvgIpc) is 2.67. The van der Waals surface area contributed by atoms with Crippen molar-refractivity contribution >= 4 is 0 Å². The van der Waals surface area contributed by atoms with Gasteiger partial charge in [0.05, 0.1) is 0 Å². The molecular weight excluding hydrogens is 297 g/mol. The predicted octanol–water partition coefficient (Wildman–Crippen LogP) is -1.82. The number of halogens is 2. The van der Waals surface area contributed by atoms with E-state index < -0.39 is 0 Å². The van der Waals surface area contributed by atoms with Crippen LogP contribution in [-0.4, -0.2) is 0 Å². The van der Waals surface area contributed by atoms with Gasteiger partial charge in [-0.05, 0) is 0 Å². The monoisotopic (exact) mass is 314 g/mol. The maximum Gasteiger partial charge on any atom is 4.00 e. The summed E-state index contributed by atoms with van der Waals surface area (Å²) in [6, 6.07) is 0. The molecule has 2 rings (SSSR count). The Balaban J connectivity index is -0.000000196. The molecule has 0 heterocycles. The second-order valence-electron chi connectivity index (χ2n) is 3.92. The van der Waals surface area contributed by atoms with Gasteiger partial charge >= 0.3 is 26.2 Å². The van der Waals surface area contributed by atoms with E-state index in [9.17, 15) is 0 Å². The topological polar surface area (TPSA) is 0 Å². The van der Waals surface area contributed by atoms with Gasteiger partial charge in [-0.1, -0.05) is 26.7 Å². The minimum Gasteiger partial charge on any atom is -1.00 e. The molecule has 0 saturated heterocycles. The van der Waals surface area contributed by atoms with Crippen molar-refractivity contribution < 1.29 is 35.6 Å². The van der Waals surface area contributed by atoms with Gasteiger partial charge in [-0.2, -0.15) is 12.2 Å². The van der Waals surface area contributed by atoms with Gasteiger partial charge in [0.15, 0.2) is 0 Å². The quantitative estimate of drug-likeness (QED) is 0.462. The molecule has 0 bridgehead atoms. The Morgan fingerprint density at radius 1 is 0.765 bits per heavy atom. The second kappa shape index (κ2) is 10.8. The summed E-state index contributed by atoms with van der Waals surface area (Å²) >= 11 is 0. The molecule has 0 nitrogen and oxygen atoms in total. The minimum atomic E-state index is 0. The summed E-state index contributed by atoms with van der Waals surface area (Å²) in [5.74, 6) is 0. The molecule has 3 heteroatoms. The fourth-order valence-electron chi connectivity index (χ4n) is 1.27. The van der Waals surface area contributed by atoms with Crippen LogP contribution >= 0.6 is 0 Å². The van der Waals surface area contributed by atoms with Crippen LogP contribution in [0.4, 0.5) is 0 Å². The number of rotatable bonds is 0. The predicted molar refractivity (Wildman–Crippen MR) is 61.6 cm³/mol. The summed E-state index contributed by atoms with van der Waals surface area (Å²) in [6.45, 7) is 8.48. The molecule has 0 N–H and O–H groups in total. The van der Waals surface area contributed by atoms with Crippen molar-refractivity contribution in [2.45, 2.75) is 40.5 Å².